The summed E-state index contributed by atoms with van der Waals surface area (Å²) in [5, 5.41) is 3.04. The maximum atomic E-state index is 12.4. The lowest BCUT2D eigenvalue weighted by Crippen LogP contribution is -2.47. The largest absolute Gasteiger partial charge is 0.487 e. The first-order chi connectivity index (χ1) is 12.2. The SMILES string of the molecule is C[C@H](CNC(=O)C1CCN(C2CCOCC2)CC1)Oc1cccnc1. The van der Waals surface area contributed by atoms with Gasteiger partial charge >= 0.3 is 0 Å². The summed E-state index contributed by atoms with van der Waals surface area (Å²) in [6.45, 7) is 6.27. The molecule has 2 fully saturated rings. The molecule has 0 bridgehead atoms. The van der Waals surface area contributed by atoms with Crippen LogP contribution >= 0.6 is 0 Å². The number of rotatable bonds is 6. The van der Waals surface area contributed by atoms with E-state index in [-0.39, 0.29) is 17.9 Å². The van der Waals surface area contributed by atoms with Gasteiger partial charge in [-0.2, -0.15) is 0 Å². The van der Waals surface area contributed by atoms with Crippen LogP contribution in [0.2, 0.25) is 0 Å². The highest BCUT2D eigenvalue weighted by Gasteiger charge is 2.29. The lowest BCUT2D eigenvalue weighted by molar-refractivity contribution is -0.127. The van der Waals surface area contributed by atoms with Gasteiger partial charge in [0.2, 0.25) is 5.91 Å². The first kappa shape index (κ1) is 18.1. The van der Waals surface area contributed by atoms with Crippen molar-refractivity contribution in [1.29, 1.82) is 0 Å². The Bertz CT molecular complexity index is 526. The van der Waals surface area contributed by atoms with E-state index in [1.807, 2.05) is 19.1 Å². The van der Waals surface area contributed by atoms with Gasteiger partial charge in [-0.1, -0.05) is 0 Å². The second kappa shape index (κ2) is 9.15. The van der Waals surface area contributed by atoms with E-state index >= 15 is 0 Å². The van der Waals surface area contributed by atoms with Crippen molar-refractivity contribution < 1.29 is 14.3 Å². The lowest BCUT2D eigenvalue weighted by Gasteiger charge is -2.38. The number of ether oxygens (including phenoxy) is 2. The number of carbonyl (C=O) groups excluding carboxylic acids is 1. The van der Waals surface area contributed by atoms with Crippen LogP contribution in [0.5, 0.6) is 5.75 Å². The van der Waals surface area contributed by atoms with E-state index < -0.39 is 0 Å². The van der Waals surface area contributed by atoms with Crippen LogP contribution in [0.3, 0.4) is 0 Å². The molecule has 1 amide bonds. The average Bonchev–Trinajstić information content (AvgIpc) is 2.68. The number of nitrogens with zero attached hydrogens (tertiary/aromatic N) is 2. The number of amides is 1. The fourth-order valence-corrected chi connectivity index (χ4v) is 3.66. The van der Waals surface area contributed by atoms with Crippen LogP contribution in [-0.4, -0.2) is 60.8 Å². The molecule has 3 rings (SSSR count). The molecule has 6 heteroatoms. The normalized spacial score (nSPS) is 21.6. The second-order valence-electron chi connectivity index (χ2n) is 7.02. The lowest BCUT2D eigenvalue weighted by atomic mass is 9.93. The minimum absolute atomic E-state index is 0.0736. The molecule has 1 aromatic rings. The van der Waals surface area contributed by atoms with E-state index in [9.17, 15) is 4.79 Å². The maximum absolute atomic E-state index is 12.4. The molecule has 0 aliphatic carbocycles. The van der Waals surface area contributed by atoms with E-state index in [0.29, 0.717) is 12.6 Å². The van der Waals surface area contributed by atoms with Gasteiger partial charge in [-0.3, -0.25) is 9.78 Å². The third-order valence-corrected chi connectivity index (χ3v) is 5.14. The van der Waals surface area contributed by atoms with Crippen LogP contribution in [0.1, 0.15) is 32.6 Å². The Morgan fingerprint density at radius 1 is 1.36 bits per heavy atom. The van der Waals surface area contributed by atoms with Gasteiger partial charge in [0, 0.05) is 31.4 Å². The molecule has 25 heavy (non-hydrogen) atoms. The molecule has 6 nitrogen and oxygen atoms in total. The summed E-state index contributed by atoms with van der Waals surface area (Å²) in [5.41, 5.74) is 0. The fraction of sp³-hybridized carbons (Fsp3) is 0.684. The molecule has 1 aromatic heterocycles. The molecule has 2 aliphatic heterocycles. The summed E-state index contributed by atoms with van der Waals surface area (Å²) in [6, 6.07) is 4.36. The molecular formula is C19H29N3O3. The van der Waals surface area contributed by atoms with Crippen molar-refractivity contribution in [3.63, 3.8) is 0 Å². The van der Waals surface area contributed by atoms with Crippen LogP contribution in [0.25, 0.3) is 0 Å². The molecule has 0 unspecified atom stereocenters. The van der Waals surface area contributed by atoms with Crippen LogP contribution in [-0.2, 0) is 9.53 Å². The Labute approximate surface area is 149 Å². The summed E-state index contributed by atoms with van der Waals surface area (Å²) in [7, 11) is 0. The highest BCUT2D eigenvalue weighted by atomic mass is 16.5. The number of pyridine rings is 1. The zero-order valence-corrected chi connectivity index (χ0v) is 15.0. The van der Waals surface area contributed by atoms with Gasteiger partial charge in [0.25, 0.3) is 0 Å². The quantitative estimate of drug-likeness (QED) is 0.851. The van der Waals surface area contributed by atoms with Crippen molar-refractivity contribution in [2.24, 2.45) is 5.92 Å². The summed E-state index contributed by atoms with van der Waals surface area (Å²) in [5.74, 6) is 1.02. The van der Waals surface area contributed by atoms with Crippen molar-refractivity contribution in [2.75, 3.05) is 32.8 Å². The minimum Gasteiger partial charge on any atom is -0.487 e. The predicted molar refractivity (Wildman–Crippen MR) is 95.5 cm³/mol. The zero-order chi connectivity index (χ0) is 17.5. The number of nitrogens with one attached hydrogen (secondary N) is 1. The van der Waals surface area contributed by atoms with Gasteiger partial charge in [-0.25, -0.2) is 0 Å². The number of hydrogen-bond acceptors (Lipinski definition) is 5. The number of piperidine rings is 1. The summed E-state index contributed by atoms with van der Waals surface area (Å²) < 4.78 is 11.2. The van der Waals surface area contributed by atoms with Crippen LogP contribution in [0.15, 0.2) is 24.5 Å². The van der Waals surface area contributed by atoms with E-state index in [1.165, 1.54) is 0 Å². The molecule has 3 heterocycles. The molecule has 0 saturated carbocycles. The Balaban J connectivity index is 1.36. The van der Waals surface area contributed by atoms with Gasteiger partial charge in [0.15, 0.2) is 0 Å². The second-order valence-corrected chi connectivity index (χ2v) is 7.02. The Morgan fingerprint density at radius 2 is 2.12 bits per heavy atom. The smallest absolute Gasteiger partial charge is 0.223 e. The number of hydrogen-bond donors (Lipinski definition) is 1. The van der Waals surface area contributed by atoms with Gasteiger partial charge in [0.05, 0.1) is 12.7 Å². The fourth-order valence-electron chi connectivity index (χ4n) is 3.66. The van der Waals surface area contributed by atoms with E-state index in [0.717, 1.165) is 57.7 Å². The molecule has 2 saturated heterocycles. The molecule has 2 aliphatic rings. The van der Waals surface area contributed by atoms with Gasteiger partial charge in [0.1, 0.15) is 11.9 Å². The first-order valence-corrected chi connectivity index (χ1v) is 9.38. The van der Waals surface area contributed by atoms with Crippen LogP contribution in [0, 0.1) is 5.92 Å². The van der Waals surface area contributed by atoms with Crippen LogP contribution < -0.4 is 10.1 Å². The maximum Gasteiger partial charge on any atom is 0.223 e. The topological polar surface area (TPSA) is 63.7 Å². The van der Waals surface area contributed by atoms with Crippen molar-refractivity contribution in [2.45, 2.75) is 44.8 Å². The predicted octanol–water partition coefficient (Wildman–Crippen LogP) is 1.86. The zero-order valence-electron chi connectivity index (χ0n) is 15.0. The third kappa shape index (κ3) is 5.41. The first-order valence-electron chi connectivity index (χ1n) is 9.38. The van der Waals surface area contributed by atoms with E-state index in [1.54, 1.807) is 12.4 Å². The number of aromatic nitrogens is 1. The minimum atomic E-state index is -0.0736. The van der Waals surface area contributed by atoms with Crippen molar-refractivity contribution in [3.05, 3.63) is 24.5 Å². The molecule has 0 spiro atoms. The standard InChI is InChI=1S/C19H29N3O3/c1-15(25-18-3-2-8-20-14-18)13-21-19(23)16-4-9-22(10-5-16)17-6-11-24-12-7-17/h2-3,8,14-17H,4-7,9-13H2,1H3,(H,21,23)/t15-/m1/s1. The monoisotopic (exact) mass is 347 g/mol. The molecule has 138 valence electrons. The van der Waals surface area contributed by atoms with E-state index in [2.05, 4.69) is 15.2 Å². The van der Waals surface area contributed by atoms with Crippen LogP contribution in [0.4, 0.5) is 0 Å². The van der Waals surface area contributed by atoms with Crippen molar-refractivity contribution in [1.82, 2.24) is 15.2 Å². The number of likely N-dealkylation sites (tertiary alicyclic amines) is 1. The van der Waals surface area contributed by atoms with Gasteiger partial charge in [-0.15, -0.1) is 0 Å². The number of carbonyl (C=O) groups is 1. The van der Waals surface area contributed by atoms with Gasteiger partial charge < -0.3 is 19.7 Å². The molecule has 0 radical (unpaired) electrons. The highest BCUT2D eigenvalue weighted by molar-refractivity contribution is 5.78. The average molecular weight is 347 g/mol. The molecule has 1 atom stereocenters. The molecule has 0 aromatic carbocycles. The van der Waals surface area contributed by atoms with Crippen molar-refractivity contribution in [3.8, 4) is 5.75 Å². The molecular weight excluding hydrogens is 318 g/mol. The van der Waals surface area contributed by atoms with Gasteiger partial charge in [-0.05, 0) is 57.8 Å². The van der Waals surface area contributed by atoms with Crippen molar-refractivity contribution >= 4 is 5.91 Å². The summed E-state index contributed by atoms with van der Waals surface area (Å²) in [6.07, 6.45) is 7.47. The molecule has 1 N–H and O–H groups in total. The summed E-state index contributed by atoms with van der Waals surface area (Å²) >= 11 is 0. The third-order valence-electron chi connectivity index (χ3n) is 5.14. The Hall–Kier alpha value is -1.66. The van der Waals surface area contributed by atoms with E-state index in [4.69, 9.17) is 9.47 Å². The summed E-state index contributed by atoms with van der Waals surface area (Å²) in [4.78, 5) is 19.0. The Kier molecular flexibility index (Phi) is 6.64. The highest BCUT2D eigenvalue weighted by Crippen LogP contribution is 2.23. The Morgan fingerprint density at radius 3 is 2.80 bits per heavy atom.